The monoisotopic (exact) mass is 276 g/mol. The van der Waals surface area contributed by atoms with Crippen LogP contribution in [-0.2, 0) is 6.54 Å². The highest BCUT2D eigenvalue weighted by atomic mass is 35.5. The molecular weight excluding hydrogens is 258 g/mol. The predicted octanol–water partition coefficient (Wildman–Crippen LogP) is 3.54. The van der Waals surface area contributed by atoms with Gasteiger partial charge in [0.2, 0.25) is 0 Å². The summed E-state index contributed by atoms with van der Waals surface area (Å²) in [6, 6.07) is 5.33. The van der Waals surface area contributed by atoms with Crippen LogP contribution in [0.1, 0.15) is 18.9 Å². The molecule has 102 valence electrons. The molecule has 0 spiro atoms. The minimum Gasteiger partial charge on any atom is -0.369 e. The van der Waals surface area contributed by atoms with Gasteiger partial charge in [-0.25, -0.2) is 8.78 Å². The van der Waals surface area contributed by atoms with Crippen LogP contribution in [0.25, 0.3) is 0 Å². The van der Waals surface area contributed by atoms with Gasteiger partial charge in [0.25, 0.3) is 6.43 Å². The van der Waals surface area contributed by atoms with Crippen molar-refractivity contribution in [1.29, 1.82) is 0 Å². The van der Waals surface area contributed by atoms with E-state index in [-0.39, 0.29) is 6.54 Å². The quantitative estimate of drug-likeness (QED) is 0.767. The molecule has 1 aromatic rings. The van der Waals surface area contributed by atoms with Crippen LogP contribution in [0.4, 0.5) is 14.5 Å². The molecule has 0 heterocycles. The Bertz CT molecular complexity index is 372. The van der Waals surface area contributed by atoms with Crippen LogP contribution in [0, 0.1) is 0 Å². The number of nitrogens with zero attached hydrogens (tertiary/aromatic N) is 1. The van der Waals surface area contributed by atoms with Crippen molar-refractivity contribution >= 4 is 17.3 Å². The molecule has 1 rings (SSSR count). The third-order valence-corrected chi connectivity index (χ3v) is 2.84. The third kappa shape index (κ3) is 4.78. The molecule has 18 heavy (non-hydrogen) atoms. The maximum absolute atomic E-state index is 12.4. The van der Waals surface area contributed by atoms with Gasteiger partial charge in [-0.2, -0.15) is 0 Å². The number of nitrogens with one attached hydrogen (secondary N) is 1. The van der Waals surface area contributed by atoms with E-state index in [0.29, 0.717) is 11.6 Å². The number of alkyl halides is 2. The van der Waals surface area contributed by atoms with Gasteiger partial charge in [0.05, 0.1) is 6.54 Å². The van der Waals surface area contributed by atoms with E-state index in [2.05, 4.69) is 12.2 Å². The number of rotatable bonds is 7. The Morgan fingerprint density at radius 1 is 1.39 bits per heavy atom. The van der Waals surface area contributed by atoms with Crippen molar-refractivity contribution in [3.63, 3.8) is 0 Å². The lowest BCUT2D eigenvalue weighted by Gasteiger charge is -2.22. The molecule has 0 saturated heterocycles. The molecule has 1 aromatic carbocycles. The van der Waals surface area contributed by atoms with E-state index in [9.17, 15) is 8.78 Å². The van der Waals surface area contributed by atoms with Gasteiger partial charge in [-0.15, -0.1) is 0 Å². The van der Waals surface area contributed by atoms with Gasteiger partial charge in [-0.1, -0.05) is 18.5 Å². The summed E-state index contributed by atoms with van der Waals surface area (Å²) in [6.45, 7) is 3.33. The zero-order chi connectivity index (χ0) is 13.5. The van der Waals surface area contributed by atoms with Crippen LogP contribution < -0.4 is 10.2 Å². The normalized spacial score (nSPS) is 11.0. The highest BCUT2D eigenvalue weighted by Crippen LogP contribution is 2.24. The van der Waals surface area contributed by atoms with Crippen molar-refractivity contribution in [3.05, 3.63) is 28.8 Å². The molecule has 0 aliphatic rings. The standard InChI is InChI=1S/C13H19ClF2N2/c1-3-6-17-8-10-7-11(14)4-5-12(10)18(2)9-13(15)16/h4-5,7,13,17H,3,6,8-9H2,1-2H3. The van der Waals surface area contributed by atoms with E-state index in [0.717, 1.165) is 24.2 Å². The lowest BCUT2D eigenvalue weighted by Crippen LogP contribution is -2.26. The molecular formula is C13H19ClF2N2. The molecule has 5 heteroatoms. The highest BCUT2D eigenvalue weighted by Gasteiger charge is 2.12. The van der Waals surface area contributed by atoms with Crippen molar-refractivity contribution in [1.82, 2.24) is 5.32 Å². The van der Waals surface area contributed by atoms with Crippen LogP contribution >= 0.6 is 11.6 Å². The zero-order valence-corrected chi connectivity index (χ0v) is 11.5. The molecule has 1 N–H and O–H groups in total. The summed E-state index contributed by atoms with van der Waals surface area (Å²) < 4.78 is 24.8. The van der Waals surface area contributed by atoms with Gasteiger partial charge < -0.3 is 10.2 Å². The van der Waals surface area contributed by atoms with E-state index in [1.54, 1.807) is 24.1 Å². The van der Waals surface area contributed by atoms with Crippen molar-refractivity contribution in [2.24, 2.45) is 0 Å². The molecule has 0 fully saturated rings. The van der Waals surface area contributed by atoms with Gasteiger partial charge in [0.15, 0.2) is 0 Å². The fourth-order valence-corrected chi connectivity index (χ4v) is 1.97. The zero-order valence-electron chi connectivity index (χ0n) is 10.7. The van der Waals surface area contributed by atoms with Crippen LogP contribution in [0.15, 0.2) is 18.2 Å². The van der Waals surface area contributed by atoms with Crippen molar-refractivity contribution in [3.8, 4) is 0 Å². The van der Waals surface area contributed by atoms with E-state index >= 15 is 0 Å². The predicted molar refractivity (Wildman–Crippen MR) is 72.7 cm³/mol. The molecule has 0 saturated carbocycles. The first-order valence-corrected chi connectivity index (χ1v) is 6.40. The largest absolute Gasteiger partial charge is 0.369 e. The molecule has 0 aromatic heterocycles. The number of hydrogen-bond donors (Lipinski definition) is 1. The minimum absolute atomic E-state index is 0.275. The van der Waals surface area contributed by atoms with Crippen LogP contribution in [0.3, 0.4) is 0 Å². The van der Waals surface area contributed by atoms with Crippen molar-refractivity contribution < 1.29 is 8.78 Å². The topological polar surface area (TPSA) is 15.3 Å². The summed E-state index contributed by atoms with van der Waals surface area (Å²) in [4.78, 5) is 1.56. The van der Waals surface area contributed by atoms with Crippen molar-refractivity contribution in [2.45, 2.75) is 26.3 Å². The number of benzene rings is 1. The number of hydrogen-bond acceptors (Lipinski definition) is 2. The molecule has 2 nitrogen and oxygen atoms in total. The van der Waals surface area contributed by atoms with Crippen LogP contribution in [0.5, 0.6) is 0 Å². The van der Waals surface area contributed by atoms with Gasteiger partial charge >= 0.3 is 0 Å². The molecule has 0 bridgehead atoms. The van der Waals surface area contributed by atoms with Gasteiger partial charge in [-0.3, -0.25) is 0 Å². The van der Waals surface area contributed by atoms with E-state index in [1.807, 2.05) is 6.07 Å². The molecule has 0 aliphatic heterocycles. The fraction of sp³-hybridized carbons (Fsp3) is 0.538. The Morgan fingerprint density at radius 3 is 2.72 bits per heavy atom. The van der Waals surface area contributed by atoms with E-state index in [1.165, 1.54) is 0 Å². The van der Waals surface area contributed by atoms with Gasteiger partial charge in [0, 0.05) is 24.3 Å². The third-order valence-electron chi connectivity index (χ3n) is 2.61. The van der Waals surface area contributed by atoms with Gasteiger partial charge in [-0.05, 0) is 36.7 Å². The average Bonchev–Trinajstić information content (AvgIpc) is 2.28. The molecule has 0 radical (unpaired) electrons. The second-order valence-corrected chi connectivity index (χ2v) is 4.66. The van der Waals surface area contributed by atoms with Crippen LogP contribution in [0.2, 0.25) is 5.02 Å². The first-order chi connectivity index (χ1) is 8.54. The average molecular weight is 277 g/mol. The summed E-state index contributed by atoms with van der Waals surface area (Å²) >= 11 is 5.95. The maximum Gasteiger partial charge on any atom is 0.255 e. The summed E-state index contributed by atoms with van der Waals surface area (Å²) in [5, 5.41) is 3.88. The Kier molecular flexibility index (Phi) is 6.36. The maximum atomic E-state index is 12.4. The van der Waals surface area contributed by atoms with E-state index in [4.69, 9.17) is 11.6 Å². The first kappa shape index (κ1) is 15.2. The highest BCUT2D eigenvalue weighted by molar-refractivity contribution is 6.30. The Hall–Kier alpha value is -0.870. The van der Waals surface area contributed by atoms with Crippen molar-refractivity contribution in [2.75, 3.05) is 25.0 Å². The number of halogens is 3. The summed E-state index contributed by atoms with van der Waals surface area (Å²) in [7, 11) is 1.67. The lowest BCUT2D eigenvalue weighted by molar-refractivity contribution is 0.156. The second kappa shape index (κ2) is 7.54. The Balaban J connectivity index is 2.81. The summed E-state index contributed by atoms with van der Waals surface area (Å²) in [6.07, 6.45) is -1.31. The Morgan fingerprint density at radius 2 is 2.11 bits per heavy atom. The smallest absolute Gasteiger partial charge is 0.255 e. The molecule has 0 unspecified atom stereocenters. The molecule has 0 amide bonds. The Labute approximate surface area is 112 Å². The summed E-state index contributed by atoms with van der Waals surface area (Å²) in [5.74, 6) is 0. The molecule has 0 aliphatic carbocycles. The SMILES string of the molecule is CCCNCc1cc(Cl)ccc1N(C)CC(F)F. The first-order valence-electron chi connectivity index (χ1n) is 6.03. The van der Waals surface area contributed by atoms with Crippen LogP contribution in [-0.4, -0.2) is 26.6 Å². The minimum atomic E-state index is -2.35. The molecule has 0 atom stereocenters. The van der Waals surface area contributed by atoms with E-state index < -0.39 is 6.43 Å². The number of anilines is 1. The van der Waals surface area contributed by atoms with Gasteiger partial charge in [0.1, 0.15) is 0 Å². The lowest BCUT2D eigenvalue weighted by atomic mass is 10.1. The summed E-state index contributed by atoms with van der Waals surface area (Å²) in [5.41, 5.74) is 1.74. The second-order valence-electron chi connectivity index (χ2n) is 4.22. The fourth-order valence-electron chi connectivity index (χ4n) is 1.77.